The predicted octanol–water partition coefficient (Wildman–Crippen LogP) is 4.93. The van der Waals surface area contributed by atoms with Crippen LogP contribution in [-0.4, -0.2) is 54.8 Å². The normalized spacial score (nSPS) is 21.8. The van der Waals surface area contributed by atoms with Gasteiger partial charge in [0.15, 0.2) is 0 Å². The second kappa shape index (κ2) is 9.48. The van der Waals surface area contributed by atoms with Crippen LogP contribution >= 0.6 is 11.6 Å². The van der Waals surface area contributed by atoms with Crippen LogP contribution in [0.4, 0.5) is 8.78 Å². The predicted molar refractivity (Wildman–Crippen MR) is 126 cm³/mol. The van der Waals surface area contributed by atoms with Gasteiger partial charge in [-0.25, -0.2) is 13.8 Å². The molecule has 0 saturated carbocycles. The van der Waals surface area contributed by atoms with Crippen LogP contribution in [0.25, 0.3) is 0 Å². The number of halogens is 3. The number of amidine groups is 1. The van der Waals surface area contributed by atoms with Crippen molar-refractivity contribution in [2.75, 3.05) is 19.6 Å². The summed E-state index contributed by atoms with van der Waals surface area (Å²) in [5, 5.41) is 6.89. The standard InChI is InChI=1S/C23H25ClF2N4O2S/c1-2-21(28-33(31,32)29-14-6-13-23(25,26)16-29)30-15-20(17-7-4-3-5-8-17)22(27-30)18-9-11-19(24)12-10-18/h3-5,7-12,20H,2,6,13-16H2,1H3/b28-21-. The van der Waals surface area contributed by atoms with Gasteiger partial charge in [-0.05, 0) is 29.7 Å². The third-order valence-electron chi connectivity index (χ3n) is 5.77. The van der Waals surface area contributed by atoms with Crippen molar-refractivity contribution >= 4 is 33.4 Å². The van der Waals surface area contributed by atoms with Crippen LogP contribution in [0.1, 0.15) is 43.2 Å². The maximum Gasteiger partial charge on any atom is 0.324 e. The van der Waals surface area contributed by atoms with E-state index in [1.165, 1.54) is 0 Å². The fourth-order valence-corrected chi connectivity index (χ4v) is 5.55. The number of rotatable bonds is 5. The Kier molecular flexibility index (Phi) is 6.83. The molecule has 0 bridgehead atoms. The van der Waals surface area contributed by atoms with Crippen molar-refractivity contribution in [3.8, 4) is 0 Å². The average molecular weight is 495 g/mol. The monoisotopic (exact) mass is 494 g/mol. The highest BCUT2D eigenvalue weighted by Crippen LogP contribution is 2.31. The van der Waals surface area contributed by atoms with E-state index >= 15 is 0 Å². The van der Waals surface area contributed by atoms with Crippen LogP contribution in [0, 0.1) is 0 Å². The maximum atomic E-state index is 13.8. The van der Waals surface area contributed by atoms with Crippen molar-refractivity contribution in [2.24, 2.45) is 9.50 Å². The Morgan fingerprint density at radius 3 is 2.52 bits per heavy atom. The Morgan fingerprint density at radius 1 is 1.18 bits per heavy atom. The molecule has 10 heteroatoms. The minimum atomic E-state index is -4.26. The van der Waals surface area contributed by atoms with E-state index in [0.717, 1.165) is 21.1 Å². The summed E-state index contributed by atoms with van der Waals surface area (Å²) < 4.78 is 58.1. The van der Waals surface area contributed by atoms with E-state index in [4.69, 9.17) is 16.7 Å². The third-order valence-corrected chi connectivity index (χ3v) is 7.43. The third kappa shape index (κ3) is 5.42. The van der Waals surface area contributed by atoms with Gasteiger partial charge in [0.1, 0.15) is 5.84 Å². The Labute approximate surface area is 197 Å². The van der Waals surface area contributed by atoms with Crippen LogP contribution < -0.4 is 0 Å². The first-order chi connectivity index (χ1) is 15.7. The fraction of sp³-hybridized carbons (Fsp3) is 0.391. The second-order valence-electron chi connectivity index (χ2n) is 8.17. The van der Waals surface area contributed by atoms with E-state index in [0.29, 0.717) is 11.6 Å². The number of hydrazone groups is 1. The molecule has 1 saturated heterocycles. The number of alkyl halides is 2. The molecule has 4 rings (SSSR count). The minimum absolute atomic E-state index is 0.0321. The lowest BCUT2D eigenvalue weighted by Gasteiger charge is -2.30. The van der Waals surface area contributed by atoms with Gasteiger partial charge in [0, 0.05) is 30.3 Å². The molecule has 0 aliphatic carbocycles. The average Bonchev–Trinajstić information content (AvgIpc) is 3.23. The molecule has 0 N–H and O–H groups in total. The topological polar surface area (TPSA) is 65.3 Å². The molecule has 33 heavy (non-hydrogen) atoms. The molecule has 6 nitrogen and oxygen atoms in total. The lowest BCUT2D eigenvalue weighted by molar-refractivity contribution is -0.0434. The molecule has 2 aliphatic rings. The Bertz CT molecular complexity index is 1150. The van der Waals surface area contributed by atoms with Crippen LogP contribution in [-0.2, 0) is 10.2 Å². The summed E-state index contributed by atoms with van der Waals surface area (Å²) in [6, 6.07) is 17.1. The molecule has 0 aromatic heterocycles. The van der Waals surface area contributed by atoms with Crippen LogP contribution in [0.5, 0.6) is 0 Å². The molecule has 176 valence electrons. The zero-order chi connectivity index (χ0) is 23.6. The summed E-state index contributed by atoms with van der Waals surface area (Å²) in [7, 11) is -4.26. The van der Waals surface area contributed by atoms with E-state index in [1.54, 1.807) is 24.1 Å². The van der Waals surface area contributed by atoms with E-state index in [2.05, 4.69) is 4.40 Å². The first kappa shape index (κ1) is 23.8. The number of nitrogens with zero attached hydrogens (tertiary/aromatic N) is 4. The van der Waals surface area contributed by atoms with Crippen molar-refractivity contribution in [1.29, 1.82) is 0 Å². The molecule has 2 aromatic rings. The molecule has 0 amide bonds. The molecule has 1 atom stereocenters. The van der Waals surface area contributed by atoms with E-state index in [1.807, 2.05) is 42.5 Å². The Morgan fingerprint density at radius 2 is 1.88 bits per heavy atom. The molecule has 2 heterocycles. The van der Waals surface area contributed by atoms with Crippen LogP contribution in [0.2, 0.25) is 5.02 Å². The van der Waals surface area contributed by atoms with Gasteiger partial charge >= 0.3 is 10.2 Å². The minimum Gasteiger partial charge on any atom is -0.249 e. The molecular weight excluding hydrogens is 470 g/mol. The van der Waals surface area contributed by atoms with Crippen molar-refractivity contribution < 1.29 is 17.2 Å². The summed E-state index contributed by atoms with van der Waals surface area (Å²) >= 11 is 6.05. The Balaban J connectivity index is 1.68. The zero-order valence-corrected chi connectivity index (χ0v) is 19.7. The van der Waals surface area contributed by atoms with Crippen molar-refractivity contribution in [2.45, 2.75) is 38.0 Å². The molecular formula is C23H25ClF2N4O2S. The number of benzene rings is 2. The van der Waals surface area contributed by atoms with Gasteiger partial charge in [0.05, 0.1) is 18.8 Å². The number of hydrogen-bond acceptors (Lipinski definition) is 3. The summed E-state index contributed by atoms with van der Waals surface area (Å²) in [6.07, 6.45) is 0.0627. The van der Waals surface area contributed by atoms with Crippen molar-refractivity contribution in [3.63, 3.8) is 0 Å². The number of piperidine rings is 1. The van der Waals surface area contributed by atoms with E-state index in [-0.39, 0.29) is 37.6 Å². The molecule has 1 unspecified atom stereocenters. The molecule has 0 spiro atoms. The highest BCUT2D eigenvalue weighted by atomic mass is 35.5. The van der Waals surface area contributed by atoms with Gasteiger partial charge in [-0.3, -0.25) is 0 Å². The first-order valence-corrected chi connectivity index (χ1v) is 12.6. The molecule has 0 radical (unpaired) electrons. The van der Waals surface area contributed by atoms with Gasteiger partial charge < -0.3 is 0 Å². The Hall–Kier alpha value is -2.36. The van der Waals surface area contributed by atoms with Crippen molar-refractivity contribution in [3.05, 3.63) is 70.7 Å². The van der Waals surface area contributed by atoms with Crippen molar-refractivity contribution in [1.82, 2.24) is 9.31 Å². The smallest absolute Gasteiger partial charge is 0.249 e. The van der Waals surface area contributed by atoms with Gasteiger partial charge in [0.25, 0.3) is 5.92 Å². The lowest BCUT2D eigenvalue weighted by atomic mass is 9.91. The van der Waals surface area contributed by atoms with E-state index in [9.17, 15) is 17.2 Å². The molecule has 2 aliphatic heterocycles. The maximum absolute atomic E-state index is 13.8. The summed E-state index contributed by atoms with van der Waals surface area (Å²) in [6.45, 7) is 1.35. The fourth-order valence-electron chi connectivity index (χ4n) is 4.10. The van der Waals surface area contributed by atoms with Gasteiger partial charge in [0.2, 0.25) is 0 Å². The van der Waals surface area contributed by atoms with Crippen LogP contribution in [0.15, 0.2) is 64.1 Å². The first-order valence-electron chi connectivity index (χ1n) is 10.8. The largest absolute Gasteiger partial charge is 0.324 e. The van der Waals surface area contributed by atoms with Gasteiger partial charge in [-0.1, -0.05) is 61.0 Å². The zero-order valence-electron chi connectivity index (χ0n) is 18.2. The second-order valence-corrected chi connectivity index (χ2v) is 10.2. The summed E-state index contributed by atoms with van der Waals surface area (Å²) in [4.78, 5) is 0. The highest BCUT2D eigenvalue weighted by Gasteiger charge is 2.40. The lowest BCUT2D eigenvalue weighted by Crippen LogP contribution is -2.45. The van der Waals surface area contributed by atoms with Gasteiger partial charge in [-0.15, -0.1) is 4.40 Å². The summed E-state index contributed by atoms with van der Waals surface area (Å²) in [5.74, 6) is -2.95. The molecule has 2 aromatic carbocycles. The summed E-state index contributed by atoms with van der Waals surface area (Å²) in [5.41, 5.74) is 2.66. The SMILES string of the molecule is CC/C(=N/S(=O)(=O)N1CCCC(F)(F)C1)N1CC(c2ccccc2)C(c2ccc(Cl)cc2)=N1. The highest BCUT2D eigenvalue weighted by molar-refractivity contribution is 7.87. The molecule has 1 fully saturated rings. The van der Waals surface area contributed by atoms with Crippen LogP contribution in [0.3, 0.4) is 0 Å². The quantitative estimate of drug-likeness (QED) is 0.437. The number of hydrogen-bond donors (Lipinski definition) is 0. The van der Waals surface area contributed by atoms with Gasteiger partial charge in [-0.2, -0.15) is 17.8 Å². The van der Waals surface area contributed by atoms with E-state index < -0.39 is 22.7 Å².